The Balaban J connectivity index is 1.58. The molecule has 2 heterocycles. The van der Waals surface area contributed by atoms with Crippen molar-refractivity contribution in [1.29, 1.82) is 0 Å². The maximum atomic E-state index is 12.7. The van der Waals surface area contributed by atoms with Crippen molar-refractivity contribution in [1.82, 2.24) is 14.8 Å². The standard InChI is InChI=1S/C21H17ClN4O2/c1-28-19-17(22)8-5-9-18(19)25-21(27)16-10-15-12-24-26(20(15)23-11-16)13-14-6-3-2-4-7-14/h2-12H,13H2,1H3,(H,25,27). The molecule has 0 atom stereocenters. The van der Waals surface area contributed by atoms with Crippen LogP contribution >= 0.6 is 11.6 Å². The van der Waals surface area contributed by atoms with Crippen LogP contribution in [0.15, 0.2) is 67.0 Å². The first kappa shape index (κ1) is 18.0. The number of nitrogens with zero attached hydrogens (tertiary/aromatic N) is 3. The lowest BCUT2D eigenvalue weighted by atomic mass is 10.2. The average Bonchev–Trinajstić information content (AvgIpc) is 3.11. The van der Waals surface area contributed by atoms with Crippen molar-refractivity contribution in [2.24, 2.45) is 0 Å². The van der Waals surface area contributed by atoms with E-state index in [1.807, 2.05) is 35.0 Å². The second-order valence-corrected chi connectivity index (χ2v) is 6.61. The van der Waals surface area contributed by atoms with Crippen molar-refractivity contribution >= 4 is 34.2 Å². The monoisotopic (exact) mass is 392 g/mol. The lowest BCUT2D eigenvalue weighted by molar-refractivity contribution is 0.102. The molecule has 4 rings (SSSR count). The molecule has 2 aromatic carbocycles. The fraction of sp³-hybridized carbons (Fsp3) is 0.0952. The van der Waals surface area contributed by atoms with Gasteiger partial charge in [-0.3, -0.25) is 4.79 Å². The molecule has 6 nitrogen and oxygen atoms in total. The van der Waals surface area contributed by atoms with Crippen LogP contribution in [0.25, 0.3) is 11.0 Å². The molecule has 140 valence electrons. The summed E-state index contributed by atoms with van der Waals surface area (Å²) in [6.07, 6.45) is 3.25. The van der Waals surface area contributed by atoms with Gasteiger partial charge in [0, 0.05) is 11.6 Å². The average molecular weight is 393 g/mol. The van der Waals surface area contributed by atoms with Crippen LogP contribution in [0.1, 0.15) is 15.9 Å². The highest BCUT2D eigenvalue weighted by Crippen LogP contribution is 2.32. The van der Waals surface area contributed by atoms with Gasteiger partial charge in [0.15, 0.2) is 11.4 Å². The van der Waals surface area contributed by atoms with Gasteiger partial charge < -0.3 is 10.1 Å². The number of nitrogens with one attached hydrogen (secondary N) is 1. The van der Waals surface area contributed by atoms with Crippen molar-refractivity contribution in [2.45, 2.75) is 6.54 Å². The molecule has 0 saturated heterocycles. The Labute approximate surface area is 166 Å². The number of hydrogen-bond donors (Lipinski definition) is 1. The highest BCUT2D eigenvalue weighted by molar-refractivity contribution is 6.32. The van der Waals surface area contributed by atoms with Crippen LogP contribution in [0.3, 0.4) is 0 Å². The van der Waals surface area contributed by atoms with Crippen LogP contribution in [0.5, 0.6) is 5.75 Å². The minimum Gasteiger partial charge on any atom is -0.493 e. The number of para-hydroxylation sites is 1. The van der Waals surface area contributed by atoms with E-state index in [4.69, 9.17) is 16.3 Å². The maximum Gasteiger partial charge on any atom is 0.257 e. The smallest absolute Gasteiger partial charge is 0.257 e. The predicted molar refractivity (Wildman–Crippen MR) is 109 cm³/mol. The van der Waals surface area contributed by atoms with Crippen LogP contribution in [0.4, 0.5) is 5.69 Å². The first-order chi connectivity index (χ1) is 13.7. The number of hydrogen-bond acceptors (Lipinski definition) is 4. The lowest BCUT2D eigenvalue weighted by Gasteiger charge is -2.11. The number of ether oxygens (including phenoxy) is 1. The highest BCUT2D eigenvalue weighted by Gasteiger charge is 2.14. The van der Waals surface area contributed by atoms with Gasteiger partial charge in [-0.1, -0.05) is 48.0 Å². The molecule has 0 unspecified atom stereocenters. The second kappa shape index (κ2) is 7.70. The topological polar surface area (TPSA) is 69.0 Å². The number of rotatable bonds is 5. The van der Waals surface area contributed by atoms with E-state index in [-0.39, 0.29) is 5.91 Å². The Morgan fingerprint density at radius 2 is 1.96 bits per heavy atom. The van der Waals surface area contributed by atoms with Crippen molar-refractivity contribution in [3.05, 3.63) is 83.1 Å². The summed E-state index contributed by atoms with van der Waals surface area (Å²) in [4.78, 5) is 17.1. The van der Waals surface area contributed by atoms with Gasteiger partial charge in [0.05, 0.1) is 36.1 Å². The molecule has 0 aliphatic carbocycles. The van der Waals surface area contributed by atoms with Gasteiger partial charge in [-0.2, -0.15) is 5.10 Å². The summed E-state index contributed by atoms with van der Waals surface area (Å²) in [5.74, 6) is 0.119. The summed E-state index contributed by atoms with van der Waals surface area (Å²) >= 11 is 6.11. The van der Waals surface area contributed by atoms with E-state index in [0.717, 1.165) is 16.6 Å². The van der Waals surface area contributed by atoms with Crippen LogP contribution in [0.2, 0.25) is 5.02 Å². The number of aromatic nitrogens is 3. The van der Waals surface area contributed by atoms with Crippen LogP contribution in [-0.2, 0) is 6.54 Å². The number of anilines is 1. The van der Waals surface area contributed by atoms with Gasteiger partial charge in [-0.15, -0.1) is 0 Å². The highest BCUT2D eigenvalue weighted by atomic mass is 35.5. The normalized spacial score (nSPS) is 10.8. The zero-order valence-electron chi connectivity index (χ0n) is 15.1. The Morgan fingerprint density at radius 1 is 1.14 bits per heavy atom. The molecule has 0 aliphatic rings. The Bertz CT molecular complexity index is 1140. The number of carbonyl (C=O) groups is 1. The molecular formula is C21H17ClN4O2. The van der Waals surface area contributed by atoms with Gasteiger partial charge in [-0.25, -0.2) is 9.67 Å². The molecule has 0 aliphatic heterocycles. The van der Waals surface area contributed by atoms with Crippen LogP contribution in [0, 0.1) is 0 Å². The quantitative estimate of drug-likeness (QED) is 0.546. The zero-order valence-corrected chi connectivity index (χ0v) is 15.8. The molecule has 2 aromatic heterocycles. The minimum atomic E-state index is -0.300. The molecule has 0 saturated carbocycles. The minimum absolute atomic E-state index is 0.300. The Hall–Kier alpha value is -3.38. The molecule has 0 spiro atoms. The fourth-order valence-corrected chi connectivity index (χ4v) is 3.23. The van der Waals surface area contributed by atoms with Crippen molar-refractivity contribution < 1.29 is 9.53 Å². The van der Waals surface area contributed by atoms with Gasteiger partial charge >= 0.3 is 0 Å². The largest absolute Gasteiger partial charge is 0.493 e. The molecule has 1 N–H and O–H groups in total. The van der Waals surface area contributed by atoms with Crippen molar-refractivity contribution in [3.8, 4) is 5.75 Å². The number of carbonyl (C=O) groups excluding carboxylic acids is 1. The third-order valence-corrected chi connectivity index (χ3v) is 4.63. The summed E-state index contributed by atoms with van der Waals surface area (Å²) in [6.45, 7) is 0.614. The third kappa shape index (κ3) is 3.54. The molecule has 28 heavy (non-hydrogen) atoms. The van der Waals surface area contributed by atoms with Gasteiger partial charge in [0.2, 0.25) is 0 Å². The summed E-state index contributed by atoms with van der Waals surface area (Å²) in [6, 6.07) is 17.0. The lowest BCUT2D eigenvalue weighted by Crippen LogP contribution is -2.13. The fourth-order valence-electron chi connectivity index (χ4n) is 2.98. The van der Waals surface area contributed by atoms with E-state index in [9.17, 15) is 4.79 Å². The molecule has 4 aromatic rings. The molecule has 7 heteroatoms. The van der Waals surface area contributed by atoms with Gasteiger partial charge in [0.25, 0.3) is 5.91 Å². The summed E-state index contributed by atoms with van der Waals surface area (Å²) in [7, 11) is 1.51. The molecule has 0 bridgehead atoms. The first-order valence-corrected chi connectivity index (χ1v) is 9.03. The van der Waals surface area contributed by atoms with Gasteiger partial charge in [0.1, 0.15) is 0 Å². The summed E-state index contributed by atoms with van der Waals surface area (Å²) < 4.78 is 7.08. The number of halogens is 1. The Morgan fingerprint density at radius 3 is 2.75 bits per heavy atom. The molecule has 0 radical (unpaired) electrons. The number of amides is 1. The maximum absolute atomic E-state index is 12.7. The molecule has 1 amide bonds. The number of methoxy groups -OCH3 is 1. The molecular weight excluding hydrogens is 376 g/mol. The predicted octanol–water partition coefficient (Wildman–Crippen LogP) is 4.39. The number of fused-ring (bicyclic) bond motifs is 1. The third-order valence-electron chi connectivity index (χ3n) is 4.33. The summed E-state index contributed by atoms with van der Waals surface area (Å²) in [5, 5.41) is 8.43. The zero-order chi connectivity index (χ0) is 19.5. The van der Waals surface area contributed by atoms with E-state index >= 15 is 0 Å². The van der Waals surface area contributed by atoms with Crippen LogP contribution < -0.4 is 10.1 Å². The number of benzene rings is 2. The molecule has 0 fully saturated rings. The van der Waals surface area contributed by atoms with E-state index in [1.165, 1.54) is 13.3 Å². The van der Waals surface area contributed by atoms with Crippen molar-refractivity contribution in [3.63, 3.8) is 0 Å². The second-order valence-electron chi connectivity index (χ2n) is 6.20. The van der Waals surface area contributed by atoms with E-state index in [2.05, 4.69) is 15.4 Å². The Kier molecular flexibility index (Phi) is 4.95. The summed E-state index contributed by atoms with van der Waals surface area (Å²) in [5.41, 5.74) is 2.78. The first-order valence-electron chi connectivity index (χ1n) is 8.65. The van der Waals surface area contributed by atoms with Gasteiger partial charge in [-0.05, 0) is 23.8 Å². The van der Waals surface area contributed by atoms with E-state index in [1.54, 1.807) is 30.5 Å². The van der Waals surface area contributed by atoms with E-state index in [0.29, 0.717) is 28.6 Å². The van der Waals surface area contributed by atoms with E-state index < -0.39 is 0 Å². The van der Waals surface area contributed by atoms with Crippen LogP contribution in [-0.4, -0.2) is 27.8 Å². The van der Waals surface area contributed by atoms with Crippen molar-refractivity contribution in [2.75, 3.05) is 12.4 Å². The SMILES string of the molecule is COc1c(Cl)cccc1NC(=O)c1cnc2c(cnn2Cc2ccccc2)c1. The number of pyridine rings is 1.